The van der Waals surface area contributed by atoms with Crippen molar-refractivity contribution in [1.29, 1.82) is 0 Å². The second kappa shape index (κ2) is 7.60. The molecule has 1 saturated carbocycles. The van der Waals surface area contributed by atoms with Gasteiger partial charge in [0.25, 0.3) is 5.91 Å². The topological polar surface area (TPSA) is 121 Å². The SMILES string of the molecule is Cc1[nH]c(C=C2C(=O)NN=C2c2cnccn2)c(-c2cnccn2)c1CNC1CC1. The number of aryl methyl sites for hydroxylation is 1. The second-order valence-electron chi connectivity index (χ2n) is 7.31. The van der Waals surface area contributed by atoms with Crippen LogP contribution in [0.2, 0.25) is 0 Å². The van der Waals surface area contributed by atoms with Gasteiger partial charge in [-0.3, -0.25) is 24.7 Å². The summed E-state index contributed by atoms with van der Waals surface area (Å²) in [6, 6.07) is 0.576. The number of carbonyl (C=O) groups excluding carboxylic acids is 1. The number of amides is 1. The summed E-state index contributed by atoms with van der Waals surface area (Å²) in [5.74, 6) is -0.286. The minimum absolute atomic E-state index is 0.286. The van der Waals surface area contributed by atoms with Crippen molar-refractivity contribution < 1.29 is 4.79 Å². The number of carbonyl (C=O) groups is 1. The van der Waals surface area contributed by atoms with E-state index >= 15 is 0 Å². The summed E-state index contributed by atoms with van der Waals surface area (Å²) in [5.41, 5.74) is 8.53. The highest BCUT2D eigenvalue weighted by Gasteiger charge is 2.27. The van der Waals surface area contributed by atoms with E-state index in [1.54, 1.807) is 43.3 Å². The molecule has 0 unspecified atom stereocenters. The van der Waals surface area contributed by atoms with Gasteiger partial charge < -0.3 is 10.3 Å². The van der Waals surface area contributed by atoms with Crippen molar-refractivity contribution in [3.05, 3.63) is 65.4 Å². The Hall–Kier alpha value is -3.72. The molecule has 5 rings (SSSR count). The van der Waals surface area contributed by atoms with E-state index in [-0.39, 0.29) is 5.91 Å². The van der Waals surface area contributed by atoms with Crippen molar-refractivity contribution in [3.8, 4) is 11.3 Å². The zero-order valence-electron chi connectivity index (χ0n) is 16.4. The van der Waals surface area contributed by atoms with Gasteiger partial charge in [0.15, 0.2) is 0 Å². The van der Waals surface area contributed by atoms with Crippen LogP contribution >= 0.6 is 0 Å². The number of aromatic nitrogens is 5. The van der Waals surface area contributed by atoms with Crippen LogP contribution in [-0.4, -0.2) is 42.6 Å². The molecular weight excluding hydrogens is 380 g/mol. The molecule has 4 heterocycles. The van der Waals surface area contributed by atoms with E-state index in [1.807, 2.05) is 6.92 Å². The van der Waals surface area contributed by atoms with E-state index in [9.17, 15) is 4.79 Å². The van der Waals surface area contributed by atoms with E-state index < -0.39 is 0 Å². The Morgan fingerprint density at radius 1 is 1.10 bits per heavy atom. The molecule has 0 atom stereocenters. The Morgan fingerprint density at radius 2 is 1.83 bits per heavy atom. The predicted molar refractivity (Wildman–Crippen MR) is 111 cm³/mol. The van der Waals surface area contributed by atoms with Gasteiger partial charge in [0.2, 0.25) is 0 Å². The molecule has 9 nitrogen and oxygen atoms in total. The van der Waals surface area contributed by atoms with Gasteiger partial charge in [0, 0.05) is 54.3 Å². The van der Waals surface area contributed by atoms with Gasteiger partial charge in [0.05, 0.1) is 23.7 Å². The summed E-state index contributed by atoms with van der Waals surface area (Å²) >= 11 is 0. The molecule has 3 N–H and O–H groups in total. The number of H-pyrrole nitrogens is 1. The Kier molecular flexibility index (Phi) is 4.64. The molecule has 9 heteroatoms. The van der Waals surface area contributed by atoms with E-state index in [1.165, 1.54) is 12.8 Å². The van der Waals surface area contributed by atoms with Crippen LogP contribution in [0.1, 0.15) is 35.5 Å². The lowest BCUT2D eigenvalue weighted by atomic mass is 10.0. The van der Waals surface area contributed by atoms with E-state index in [0.717, 1.165) is 34.8 Å². The van der Waals surface area contributed by atoms with E-state index in [4.69, 9.17) is 0 Å². The van der Waals surface area contributed by atoms with E-state index in [0.29, 0.717) is 23.0 Å². The van der Waals surface area contributed by atoms with Crippen molar-refractivity contribution in [2.45, 2.75) is 32.4 Å². The molecule has 3 aromatic heterocycles. The van der Waals surface area contributed by atoms with Crippen LogP contribution in [0.3, 0.4) is 0 Å². The minimum atomic E-state index is -0.286. The maximum atomic E-state index is 12.5. The summed E-state index contributed by atoms with van der Waals surface area (Å²) in [5, 5.41) is 7.72. The lowest BCUT2D eigenvalue weighted by Crippen LogP contribution is -2.16. The smallest absolute Gasteiger partial charge is 0.273 e. The molecule has 0 radical (unpaired) electrons. The van der Waals surface area contributed by atoms with Crippen LogP contribution < -0.4 is 10.7 Å². The summed E-state index contributed by atoms with van der Waals surface area (Å²) in [6.45, 7) is 2.75. The number of hydrazone groups is 1. The zero-order valence-corrected chi connectivity index (χ0v) is 16.4. The lowest BCUT2D eigenvalue weighted by molar-refractivity contribution is -0.116. The molecule has 1 amide bonds. The molecule has 0 spiro atoms. The molecule has 1 aliphatic carbocycles. The molecule has 30 heavy (non-hydrogen) atoms. The first-order chi connectivity index (χ1) is 14.7. The van der Waals surface area contributed by atoms with Crippen molar-refractivity contribution in [2.24, 2.45) is 5.10 Å². The predicted octanol–water partition coefficient (Wildman–Crippen LogP) is 1.74. The Labute approximate surface area is 172 Å². The average molecular weight is 400 g/mol. The monoisotopic (exact) mass is 400 g/mol. The van der Waals surface area contributed by atoms with Crippen LogP contribution in [0.25, 0.3) is 17.3 Å². The van der Waals surface area contributed by atoms with Gasteiger partial charge in [0.1, 0.15) is 11.4 Å². The Morgan fingerprint density at radius 3 is 2.50 bits per heavy atom. The fourth-order valence-corrected chi connectivity index (χ4v) is 3.50. The third-order valence-electron chi connectivity index (χ3n) is 5.17. The Bertz CT molecular complexity index is 1150. The first-order valence-electron chi connectivity index (χ1n) is 9.78. The standard InChI is InChI=1S/C21H20N8O/c1-12-15(9-26-13-2-3-13)19(17-10-22-4-6-24-17)16(27-12)8-14-20(28-29-21(14)30)18-11-23-5-7-25-18/h4-8,10-11,13,26-27H,2-3,9H2,1H3,(H,29,30). The van der Waals surface area contributed by atoms with Gasteiger partial charge in [-0.25, -0.2) is 5.43 Å². The maximum Gasteiger partial charge on any atom is 0.273 e. The zero-order chi connectivity index (χ0) is 20.5. The third kappa shape index (κ3) is 3.50. The van der Waals surface area contributed by atoms with Crippen molar-refractivity contribution in [2.75, 3.05) is 0 Å². The normalized spacial score (nSPS) is 17.3. The van der Waals surface area contributed by atoms with Crippen LogP contribution in [0.15, 0.2) is 47.9 Å². The molecule has 0 aromatic carbocycles. The van der Waals surface area contributed by atoms with Gasteiger partial charge in [-0.1, -0.05) is 0 Å². The fraction of sp³-hybridized carbons (Fsp3) is 0.238. The second-order valence-corrected chi connectivity index (χ2v) is 7.31. The van der Waals surface area contributed by atoms with Gasteiger partial charge in [-0.15, -0.1) is 0 Å². The molecule has 150 valence electrons. The Balaban J connectivity index is 1.60. The van der Waals surface area contributed by atoms with Crippen LogP contribution in [-0.2, 0) is 11.3 Å². The first-order valence-corrected chi connectivity index (χ1v) is 9.78. The number of nitrogens with zero attached hydrogens (tertiary/aromatic N) is 5. The van der Waals surface area contributed by atoms with Crippen molar-refractivity contribution in [3.63, 3.8) is 0 Å². The third-order valence-corrected chi connectivity index (χ3v) is 5.17. The molecule has 2 aliphatic rings. The lowest BCUT2D eigenvalue weighted by Gasteiger charge is -2.08. The van der Waals surface area contributed by atoms with Gasteiger partial charge in [-0.2, -0.15) is 5.10 Å². The van der Waals surface area contributed by atoms with E-state index in [2.05, 4.69) is 40.8 Å². The van der Waals surface area contributed by atoms with Crippen LogP contribution in [0.4, 0.5) is 0 Å². The quantitative estimate of drug-likeness (QED) is 0.542. The number of hydrogen-bond donors (Lipinski definition) is 3. The summed E-state index contributed by atoms with van der Waals surface area (Å²) in [7, 11) is 0. The van der Waals surface area contributed by atoms with Crippen molar-refractivity contribution >= 4 is 17.7 Å². The summed E-state index contributed by atoms with van der Waals surface area (Å²) in [4.78, 5) is 33.0. The molecular formula is C21H20N8O. The molecule has 0 bridgehead atoms. The van der Waals surface area contributed by atoms with Crippen molar-refractivity contribution in [1.82, 2.24) is 35.7 Å². The number of hydrogen-bond acceptors (Lipinski definition) is 7. The number of nitrogens with one attached hydrogen (secondary N) is 3. The van der Waals surface area contributed by atoms with Crippen LogP contribution in [0.5, 0.6) is 0 Å². The van der Waals surface area contributed by atoms with Crippen LogP contribution in [0, 0.1) is 6.92 Å². The maximum absolute atomic E-state index is 12.5. The van der Waals surface area contributed by atoms with Gasteiger partial charge in [-0.05, 0) is 31.4 Å². The molecule has 0 saturated heterocycles. The average Bonchev–Trinajstić information content (AvgIpc) is 3.46. The molecule has 1 fully saturated rings. The highest BCUT2D eigenvalue weighted by Crippen LogP contribution is 2.32. The summed E-state index contributed by atoms with van der Waals surface area (Å²) < 4.78 is 0. The highest BCUT2D eigenvalue weighted by atomic mass is 16.2. The van der Waals surface area contributed by atoms with Gasteiger partial charge >= 0.3 is 0 Å². The number of rotatable bonds is 6. The molecule has 3 aromatic rings. The largest absolute Gasteiger partial charge is 0.358 e. The minimum Gasteiger partial charge on any atom is -0.358 e. The fourth-order valence-electron chi connectivity index (χ4n) is 3.50. The first kappa shape index (κ1) is 18.3. The molecule has 1 aliphatic heterocycles. The highest BCUT2D eigenvalue weighted by molar-refractivity contribution is 6.32. The summed E-state index contributed by atoms with van der Waals surface area (Å²) in [6.07, 6.45) is 14.0. The number of aromatic amines is 1.